The van der Waals surface area contributed by atoms with E-state index in [0.717, 1.165) is 24.3 Å². The van der Waals surface area contributed by atoms with Crippen LogP contribution >= 0.6 is 0 Å². The van der Waals surface area contributed by atoms with E-state index in [9.17, 15) is 9.59 Å². The van der Waals surface area contributed by atoms with Gasteiger partial charge in [-0.2, -0.15) is 0 Å². The summed E-state index contributed by atoms with van der Waals surface area (Å²) >= 11 is 0. The topological polar surface area (TPSA) is 69.6 Å². The Labute approximate surface area is 113 Å². The summed E-state index contributed by atoms with van der Waals surface area (Å²) in [5, 5.41) is 11.3. The highest BCUT2D eigenvalue weighted by molar-refractivity contribution is 5.88. The first-order valence-corrected chi connectivity index (χ1v) is 6.24. The van der Waals surface area contributed by atoms with Gasteiger partial charge in [0.1, 0.15) is 0 Å². The third-order valence-corrected chi connectivity index (χ3v) is 2.66. The first kappa shape index (κ1) is 15.2. The van der Waals surface area contributed by atoms with Gasteiger partial charge in [-0.25, -0.2) is 0 Å². The molecule has 5 heteroatoms. The Morgan fingerprint density at radius 2 is 1.89 bits per heavy atom. The van der Waals surface area contributed by atoms with E-state index in [-0.39, 0.29) is 12.3 Å². The Morgan fingerprint density at radius 3 is 2.42 bits per heavy atom. The van der Waals surface area contributed by atoms with E-state index in [4.69, 9.17) is 5.11 Å². The van der Waals surface area contributed by atoms with Gasteiger partial charge in [-0.3, -0.25) is 9.59 Å². The van der Waals surface area contributed by atoms with Crippen LogP contribution in [0.25, 0.3) is 0 Å². The number of aliphatic carboxylic acids is 1. The van der Waals surface area contributed by atoms with Gasteiger partial charge in [0.2, 0.25) is 5.91 Å². The molecule has 0 saturated heterocycles. The highest BCUT2D eigenvalue weighted by atomic mass is 16.4. The fourth-order valence-electron chi connectivity index (χ4n) is 1.79. The maximum Gasteiger partial charge on any atom is 0.303 e. The number of hydrogen-bond acceptors (Lipinski definition) is 3. The van der Waals surface area contributed by atoms with Gasteiger partial charge in [-0.05, 0) is 37.7 Å². The number of hydrogen-bond donors (Lipinski definition) is 2. The van der Waals surface area contributed by atoms with E-state index in [1.807, 2.05) is 31.3 Å². The molecule has 0 unspecified atom stereocenters. The van der Waals surface area contributed by atoms with E-state index in [1.54, 1.807) is 0 Å². The molecule has 0 bridgehead atoms. The highest BCUT2D eigenvalue weighted by Gasteiger charge is 2.03. The van der Waals surface area contributed by atoms with Crippen LogP contribution in [0.2, 0.25) is 0 Å². The number of amides is 1. The molecule has 0 aliphatic rings. The second-order valence-electron chi connectivity index (χ2n) is 4.61. The molecule has 1 amide bonds. The SMILES string of the molecule is CC(=O)Nc1ccc(CN(C)CCCC(=O)O)cc1. The smallest absolute Gasteiger partial charge is 0.303 e. The van der Waals surface area contributed by atoms with Crippen molar-refractivity contribution in [2.24, 2.45) is 0 Å². The number of nitrogens with zero attached hydrogens (tertiary/aromatic N) is 1. The molecule has 1 rings (SSSR count). The van der Waals surface area contributed by atoms with Crippen molar-refractivity contribution in [2.45, 2.75) is 26.3 Å². The van der Waals surface area contributed by atoms with Crippen molar-refractivity contribution in [3.8, 4) is 0 Å². The zero-order chi connectivity index (χ0) is 14.3. The largest absolute Gasteiger partial charge is 0.481 e. The van der Waals surface area contributed by atoms with Gasteiger partial charge in [0, 0.05) is 25.6 Å². The van der Waals surface area contributed by atoms with Gasteiger partial charge in [0.15, 0.2) is 0 Å². The summed E-state index contributed by atoms with van der Waals surface area (Å²) < 4.78 is 0. The maximum atomic E-state index is 10.9. The zero-order valence-electron chi connectivity index (χ0n) is 11.3. The van der Waals surface area contributed by atoms with Crippen molar-refractivity contribution < 1.29 is 14.7 Å². The molecule has 0 atom stereocenters. The second-order valence-corrected chi connectivity index (χ2v) is 4.61. The average Bonchev–Trinajstić information content (AvgIpc) is 2.30. The second kappa shape index (κ2) is 7.53. The molecule has 19 heavy (non-hydrogen) atoms. The van der Waals surface area contributed by atoms with Crippen LogP contribution in [0.3, 0.4) is 0 Å². The van der Waals surface area contributed by atoms with Crippen LogP contribution in [-0.4, -0.2) is 35.5 Å². The molecule has 2 N–H and O–H groups in total. The van der Waals surface area contributed by atoms with E-state index >= 15 is 0 Å². The van der Waals surface area contributed by atoms with Crippen LogP contribution in [-0.2, 0) is 16.1 Å². The van der Waals surface area contributed by atoms with Crippen molar-refractivity contribution in [2.75, 3.05) is 18.9 Å². The predicted molar refractivity (Wildman–Crippen MR) is 73.9 cm³/mol. The lowest BCUT2D eigenvalue weighted by molar-refractivity contribution is -0.137. The molecule has 0 heterocycles. The molecule has 0 aliphatic carbocycles. The van der Waals surface area contributed by atoms with E-state index in [1.165, 1.54) is 6.92 Å². The lowest BCUT2D eigenvalue weighted by atomic mass is 10.2. The Morgan fingerprint density at radius 1 is 1.26 bits per heavy atom. The third-order valence-electron chi connectivity index (χ3n) is 2.66. The number of benzene rings is 1. The summed E-state index contributed by atoms with van der Waals surface area (Å²) in [7, 11) is 1.96. The molecule has 5 nitrogen and oxygen atoms in total. The fourth-order valence-corrected chi connectivity index (χ4v) is 1.79. The van der Waals surface area contributed by atoms with Crippen LogP contribution in [0.1, 0.15) is 25.3 Å². The lowest BCUT2D eigenvalue weighted by Crippen LogP contribution is -2.19. The predicted octanol–water partition coefficient (Wildman–Crippen LogP) is 1.94. The molecular formula is C14H20N2O3. The van der Waals surface area contributed by atoms with Crippen LogP contribution in [0.15, 0.2) is 24.3 Å². The van der Waals surface area contributed by atoms with E-state index in [0.29, 0.717) is 6.42 Å². The number of carbonyl (C=O) groups is 2. The lowest BCUT2D eigenvalue weighted by Gasteiger charge is -2.16. The van der Waals surface area contributed by atoms with E-state index < -0.39 is 5.97 Å². The molecule has 0 aromatic heterocycles. The monoisotopic (exact) mass is 264 g/mol. The van der Waals surface area contributed by atoms with Crippen LogP contribution in [0, 0.1) is 0 Å². The van der Waals surface area contributed by atoms with Gasteiger partial charge >= 0.3 is 5.97 Å². The highest BCUT2D eigenvalue weighted by Crippen LogP contribution is 2.11. The summed E-state index contributed by atoms with van der Waals surface area (Å²) in [6.45, 7) is 2.99. The number of carboxylic acids is 1. The number of carbonyl (C=O) groups excluding carboxylic acids is 1. The Balaban J connectivity index is 2.39. The summed E-state index contributed by atoms with van der Waals surface area (Å²) in [5.41, 5.74) is 1.91. The first-order chi connectivity index (χ1) is 8.97. The maximum absolute atomic E-state index is 10.9. The summed E-state index contributed by atoms with van der Waals surface area (Å²) in [4.78, 5) is 23.4. The standard InChI is InChI=1S/C14H20N2O3/c1-11(17)15-13-7-5-12(6-8-13)10-16(2)9-3-4-14(18)19/h5-8H,3-4,9-10H2,1-2H3,(H,15,17)(H,18,19). The Kier molecular flexibility index (Phi) is 6.02. The van der Waals surface area contributed by atoms with Crippen LogP contribution in [0.5, 0.6) is 0 Å². The van der Waals surface area contributed by atoms with Crippen molar-refractivity contribution in [3.05, 3.63) is 29.8 Å². The van der Waals surface area contributed by atoms with Crippen LogP contribution < -0.4 is 5.32 Å². The van der Waals surface area contributed by atoms with Gasteiger partial charge in [-0.1, -0.05) is 12.1 Å². The minimum atomic E-state index is -0.756. The summed E-state index contributed by atoms with van der Waals surface area (Å²) in [6, 6.07) is 7.64. The molecular weight excluding hydrogens is 244 g/mol. The minimum Gasteiger partial charge on any atom is -0.481 e. The number of nitrogens with one attached hydrogen (secondary N) is 1. The van der Waals surface area contributed by atoms with Gasteiger partial charge < -0.3 is 15.3 Å². The van der Waals surface area contributed by atoms with Gasteiger partial charge in [-0.15, -0.1) is 0 Å². The van der Waals surface area contributed by atoms with Crippen molar-refractivity contribution in [1.29, 1.82) is 0 Å². The minimum absolute atomic E-state index is 0.0847. The van der Waals surface area contributed by atoms with Crippen molar-refractivity contribution in [1.82, 2.24) is 4.90 Å². The summed E-state index contributed by atoms with van der Waals surface area (Å²) in [6.07, 6.45) is 0.849. The molecule has 1 aromatic carbocycles. The third kappa shape index (κ3) is 6.57. The fraction of sp³-hybridized carbons (Fsp3) is 0.429. The molecule has 104 valence electrons. The Bertz CT molecular complexity index is 429. The van der Waals surface area contributed by atoms with Crippen LogP contribution in [0.4, 0.5) is 5.69 Å². The Hall–Kier alpha value is -1.88. The molecule has 0 fully saturated rings. The molecule has 0 radical (unpaired) electrons. The molecule has 0 aliphatic heterocycles. The number of rotatable bonds is 7. The molecule has 0 spiro atoms. The van der Waals surface area contributed by atoms with E-state index in [2.05, 4.69) is 10.2 Å². The van der Waals surface area contributed by atoms with Gasteiger partial charge in [0.05, 0.1) is 0 Å². The zero-order valence-corrected chi connectivity index (χ0v) is 11.3. The first-order valence-electron chi connectivity index (χ1n) is 6.24. The number of anilines is 1. The normalized spacial score (nSPS) is 10.5. The molecule has 1 aromatic rings. The molecule has 0 saturated carbocycles. The van der Waals surface area contributed by atoms with Crippen molar-refractivity contribution >= 4 is 17.6 Å². The van der Waals surface area contributed by atoms with Gasteiger partial charge in [0.25, 0.3) is 0 Å². The quantitative estimate of drug-likeness (QED) is 0.789. The van der Waals surface area contributed by atoms with Crippen molar-refractivity contribution in [3.63, 3.8) is 0 Å². The number of carboxylic acid groups (broad SMARTS) is 1. The average molecular weight is 264 g/mol. The summed E-state index contributed by atoms with van der Waals surface area (Å²) in [5.74, 6) is -0.841.